The summed E-state index contributed by atoms with van der Waals surface area (Å²) >= 11 is 6.66. The Morgan fingerprint density at radius 3 is 2.42 bits per heavy atom. The molecule has 0 radical (unpaired) electrons. The van der Waals surface area contributed by atoms with E-state index in [1.54, 1.807) is 18.3 Å². The van der Waals surface area contributed by atoms with Crippen LogP contribution in [0.3, 0.4) is 0 Å². The van der Waals surface area contributed by atoms with Gasteiger partial charge in [-0.2, -0.15) is 0 Å². The lowest BCUT2D eigenvalue weighted by molar-refractivity contribution is 0.262. The number of amides is 2. The number of hydrogen-bond acceptors (Lipinski definition) is 2. The van der Waals surface area contributed by atoms with Crippen molar-refractivity contribution in [3.63, 3.8) is 0 Å². The van der Waals surface area contributed by atoms with Crippen LogP contribution in [0.1, 0.15) is 5.56 Å². The third kappa shape index (κ3) is 4.04. The lowest BCUT2D eigenvalue weighted by Gasteiger charge is -2.08. The quantitative estimate of drug-likeness (QED) is 0.745. The SMILES string of the molecule is Cc1ccc(NC(=O)Nc2ccc(Br)nc2)cc1Br. The number of carbonyl (C=O) groups excluding carboxylic acids is 1. The van der Waals surface area contributed by atoms with Crippen LogP contribution in [-0.2, 0) is 0 Å². The topological polar surface area (TPSA) is 54.0 Å². The number of aromatic nitrogens is 1. The van der Waals surface area contributed by atoms with Crippen molar-refractivity contribution >= 4 is 49.3 Å². The highest BCUT2D eigenvalue weighted by molar-refractivity contribution is 9.10. The van der Waals surface area contributed by atoms with E-state index < -0.39 is 0 Å². The second-order valence-electron chi connectivity index (χ2n) is 3.91. The van der Waals surface area contributed by atoms with Crippen molar-refractivity contribution in [2.45, 2.75) is 6.92 Å². The lowest BCUT2D eigenvalue weighted by atomic mass is 10.2. The first-order valence-corrected chi connectivity index (χ1v) is 7.09. The monoisotopic (exact) mass is 383 g/mol. The molecule has 1 heterocycles. The van der Waals surface area contributed by atoms with Crippen LogP contribution in [0.15, 0.2) is 45.6 Å². The number of rotatable bonds is 2. The Kier molecular flexibility index (Phi) is 4.55. The van der Waals surface area contributed by atoms with Crippen molar-refractivity contribution in [2.24, 2.45) is 0 Å². The molecule has 0 unspecified atom stereocenters. The molecular weight excluding hydrogens is 374 g/mol. The number of benzene rings is 1. The minimum absolute atomic E-state index is 0.306. The molecule has 6 heteroatoms. The first kappa shape index (κ1) is 14.0. The molecule has 0 atom stereocenters. The van der Waals surface area contributed by atoms with Gasteiger partial charge in [-0.1, -0.05) is 22.0 Å². The van der Waals surface area contributed by atoms with Crippen LogP contribution in [0.5, 0.6) is 0 Å². The molecule has 2 N–H and O–H groups in total. The van der Waals surface area contributed by atoms with Gasteiger partial charge in [-0.25, -0.2) is 9.78 Å². The molecule has 1 aromatic heterocycles. The number of carbonyl (C=O) groups is 1. The maximum absolute atomic E-state index is 11.8. The standard InChI is InChI=1S/C13H11Br2N3O/c1-8-2-3-9(6-11(8)14)17-13(19)18-10-4-5-12(15)16-7-10/h2-7H,1H3,(H2,17,18,19). The van der Waals surface area contributed by atoms with Crippen molar-refractivity contribution in [3.8, 4) is 0 Å². The van der Waals surface area contributed by atoms with Gasteiger partial charge < -0.3 is 10.6 Å². The minimum Gasteiger partial charge on any atom is -0.308 e. The first-order chi connectivity index (χ1) is 9.04. The molecule has 0 aliphatic rings. The third-order valence-electron chi connectivity index (χ3n) is 2.41. The van der Waals surface area contributed by atoms with Crippen LogP contribution in [0.2, 0.25) is 0 Å². The molecule has 2 rings (SSSR count). The Balaban J connectivity index is 2.01. The lowest BCUT2D eigenvalue weighted by Crippen LogP contribution is -2.19. The summed E-state index contributed by atoms with van der Waals surface area (Å²) in [5, 5.41) is 5.46. The van der Waals surface area contributed by atoms with Gasteiger partial charge in [0.05, 0.1) is 11.9 Å². The number of anilines is 2. The van der Waals surface area contributed by atoms with Crippen LogP contribution in [0, 0.1) is 6.92 Å². The summed E-state index contributed by atoms with van der Waals surface area (Å²) in [4.78, 5) is 15.8. The fourth-order valence-corrected chi connectivity index (χ4v) is 2.03. The van der Waals surface area contributed by atoms with E-state index in [1.165, 1.54) is 0 Å². The van der Waals surface area contributed by atoms with E-state index in [0.29, 0.717) is 5.69 Å². The molecule has 0 aliphatic heterocycles. The average Bonchev–Trinajstić information content (AvgIpc) is 2.37. The zero-order chi connectivity index (χ0) is 13.8. The van der Waals surface area contributed by atoms with Crippen molar-refractivity contribution < 1.29 is 4.79 Å². The Morgan fingerprint density at radius 2 is 1.79 bits per heavy atom. The van der Waals surface area contributed by atoms with Gasteiger partial charge in [0.15, 0.2) is 0 Å². The Morgan fingerprint density at radius 1 is 1.11 bits per heavy atom. The van der Waals surface area contributed by atoms with E-state index in [2.05, 4.69) is 47.5 Å². The van der Waals surface area contributed by atoms with Gasteiger partial charge in [-0.3, -0.25) is 0 Å². The number of nitrogens with zero attached hydrogens (tertiary/aromatic N) is 1. The minimum atomic E-state index is -0.306. The van der Waals surface area contributed by atoms with Crippen LogP contribution >= 0.6 is 31.9 Å². The molecule has 0 saturated heterocycles. The Hall–Kier alpha value is -1.40. The number of urea groups is 1. The normalized spacial score (nSPS) is 10.1. The Bertz CT molecular complexity index is 599. The summed E-state index contributed by atoms with van der Waals surface area (Å²) in [5.74, 6) is 0. The smallest absolute Gasteiger partial charge is 0.308 e. The number of nitrogens with one attached hydrogen (secondary N) is 2. The summed E-state index contributed by atoms with van der Waals surface area (Å²) in [6, 6.07) is 8.86. The summed E-state index contributed by atoms with van der Waals surface area (Å²) in [7, 11) is 0. The molecule has 0 aliphatic carbocycles. The third-order valence-corrected chi connectivity index (χ3v) is 3.74. The summed E-state index contributed by atoms with van der Waals surface area (Å²) in [6.45, 7) is 1.99. The van der Waals surface area contributed by atoms with Gasteiger partial charge in [-0.15, -0.1) is 0 Å². The summed E-state index contributed by atoms with van der Waals surface area (Å²) < 4.78 is 1.68. The van der Waals surface area contributed by atoms with Gasteiger partial charge in [0.1, 0.15) is 4.60 Å². The zero-order valence-corrected chi connectivity index (χ0v) is 13.2. The zero-order valence-electron chi connectivity index (χ0n) is 10.1. The fourth-order valence-electron chi connectivity index (χ4n) is 1.41. The molecule has 2 amide bonds. The predicted molar refractivity (Wildman–Crippen MR) is 83.5 cm³/mol. The summed E-state index contributed by atoms with van der Waals surface area (Å²) in [6.07, 6.45) is 1.58. The molecule has 1 aromatic carbocycles. The largest absolute Gasteiger partial charge is 0.323 e. The first-order valence-electron chi connectivity index (χ1n) is 5.50. The van der Waals surface area contributed by atoms with Crippen LogP contribution in [0.4, 0.5) is 16.2 Å². The Labute approximate surface area is 127 Å². The fraction of sp³-hybridized carbons (Fsp3) is 0.0769. The molecule has 0 bridgehead atoms. The van der Waals surface area contributed by atoms with E-state index in [0.717, 1.165) is 20.3 Å². The van der Waals surface area contributed by atoms with Crippen molar-refractivity contribution in [3.05, 3.63) is 51.2 Å². The van der Waals surface area contributed by atoms with Crippen molar-refractivity contribution in [1.29, 1.82) is 0 Å². The maximum atomic E-state index is 11.8. The van der Waals surface area contributed by atoms with Crippen molar-refractivity contribution in [2.75, 3.05) is 10.6 Å². The second-order valence-corrected chi connectivity index (χ2v) is 5.58. The van der Waals surface area contributed by atoms with Gasteiger partial charge in [0, 0.05) is 10.2 Å². The highest BCUT2D eigenvalue weighted by Gasteiger charge is 2.04. The highest BCUT2D eigenvalue weighted by atomic mass is 79.9. The van der Waals surface area contributed by atoms with Gasteiger partial charge in [0.25, 0.3) is 0 Å². The summed E-state index contributed by atoms with van der Waals surface area (Å²) in [5.41, 5.74) is 2.47. The maximum Gasteiger partial charge on any atom is 0.323 e. The molecule has 98 valence electrons. The molecule has 0 saturated carbocycles. The molecule has 2 aromatic rings. The number of aryl methyl sites for hydroxylation is 1. The highest BCUT2D eigenvalue weighted by Crippen LogP contribution is 2.20. The van der Waals surface area contributed by atoms with E-state index in [9.17, 15) is 4.79 Å². The average molecular weight is 385 g/mol. The van der Waals surface area contributed by atoms with Crippen LogP contribution < -0.4 is 10.6 Å². The number of pyridine rings is 1. The van der Waals surface area contributed by atoms with Gasteiger partial charge >= 0.3 is 6.03 Å². The number of hydrogen-bond donors (Lipinski definition) is 2. The molecule has 0 spiro atoms. The predicted octanol–water partition coefficient (Wildman–Crippen LogP) is 4.56. The molecule has 4 nitrogen and oxygen atoms in total. The van der Waals surface area contributed by atoms with Gasteiger partial charge in [-0.05, 0) is 52.7 Å². The van der Waals surface area contributed by atoms with Crippen LogP contribution in [-0.4, -0.2) is 11.0 Å². The van der Waals surface area contributed by atoms with E-state index in [1.807, 2.05) is 25.1 Å². The molecule has 0 fully saturated rings. The van der Waals surface area contributed by atoms with Crippen LogP contribution in [0.25, 0.3) is 0 Å². The molecule has 19 heavy (non-hydrogen) atoms. The van der Waals surface area contributed by atoms with Gasteiger partial charge in [0.2, 0.25) is 0 Å². The van der Waals surface area contributed by atoms with E-state index in [4.69, 9.17) is 0 Å². The number of halogens is 2. The molecular formula is C13H11Br2N3O. The van der Waals surface area contributed by atoms with E-state index in [-0.39, 0.29) is 6.03 Å². The second kappa shape index (κ2) is 6.16. The van der Waals surface area contributed by atoms with E-state index >= 15 is 0 Å². The van der Waals surface area contributed by atoms with Crippen molar-refractivity contribution in [1.82, 2.24) is 4.98 Å².